The largest absolute Gasteiger partial charge is 0.395 e. The zero-order chi connectivity index (χ0) is 15.9. The van der Waals surface area contributed by atoms with Crippen LogP contribution in [-0.2, 0) is 0 Å². The number of amides is 1. The van der Waals surface area contributed by atoms with Gasteiger partial charge in [-0.25, -0.2) is 8.78 Å². The van der Waals surface area contributed by atoms with Crippen molar-refractivity contribution in [3.8, 4) is 11.8 Å². The average Bonchev–Trinajstić information content (AvgIpc) is 2.45. The first-order chi connectivity index (χ1) is 9.88. The molecule has 2 N–H and O–H groups in total. The second-order valence-electron chi connectivity index (χ2n) is 3.94. The molecular weight excluding hydrogens is 292 g/mol. The van der Waals surface area contributed by atoms with E-state index in [0.717, 1.165) is 0 Å². The minimum atomic E-state index is -4.30. The van der Waals surface area contributed by atoms with Crippen molar-refractivity contribution in [3.63, 3.8) is 0 Å². The number of aliphatic hydroxyl groups is 1. The fourth-order valence-electron chi connectivity index (χ4n) is 1.28. The Hall–Kier alpha value is -2.14. The maximum absolute atomic E-state index is 12.7. The number of aromatic nitrogens is 1. The minimum Gasteiger partial charge on any atom is -0.395 e. The Bertz CT molecular complexity index is 553. The van der Waals surface area contributed by atoms with Gasteiger partial charge in [-0.15, -0.1) is 0 Å². The Morgan fingerprint density at radius 3 is 2.81 bits per heavy atom. The van der Waals surface area contributed by atoms with E-state index in [4.69, 9.17) is 5.11 Å². The molecule has 0 aromatic carbocycles. The van der Waals surface area contributed by atoms with Gasteiger partial charge in [-0.2, -0.15) is 8.78 Å². The lowest BCUT2D eigenvalue weighted by Crippen LogP contribution is -2.41. The van der Waals surface area contributed by atoms with Gasteiger partial charge in [0.15, 0.2) is 0 Å². The van der Waals surface area contributed by atoms with Crippen molar-refractivity contribution in [2.75, 3.05) is 13.2 Å². The highest BCUT2D eigenvalue weighted by Crippen LogP contribution is 2.21. The zero-order valence-corrected chi connectivity index (χ0v) is 10.7. The summed E-state index contributed by atoms with van der Waals surface area (Å²) in [5.74, 6) is -0.158. The molecule has 0 spiro atoms. The highest BCUT2D eigenvalue weighted by atomic mass is 19.3. The van der Waals surface area contributed by atoms with Crippen molar-refractivity contribution in [1.29, 1.82) is 0 Å². The van der Waals surface area contributed by atoms with Crippen LogP contribution in [0.25, 0.3) is 0 Å². The Labute approximate surface area is 118 Å². The van der Waals surface area contributed by atoms with Gasteiger partial charge >= 0.3 is 12.3 Å². The number of carbonyl (C=O) groups excluding carboxylic acids is 1. The fourth-order valence-corrected chi connectivity index (χ4v) is 1.28. The second kappa shape index (κ2) is 7.59. The van der Waals surface area contributed by atoms with Crippen LogP contribution in [-0.4, -0.2) is 41.5 Å². The molecule has 4 nitrogen and oxygen atoms in total. The molecule has 0 aliphatic carbocycles. The molecule has 0 fully saturated rings. The van der Waals surface area contributed by atoms with E-state index in [0.29, 0.717) is 0 Å². The SMILES string of the molecule is O=C(NCC(F)(F)C(F)F)c1ccncc1C#CCCO. The highest BCUT2D eigenvalue weighted by Gasteiger charge is 2.40. The summed E-state index contributed by atoms with van der Waals surface area (Å²) < 4.78 is 49.5. The third kappa shape index (κ3) is 5.04. The number of nitrogens with one attached hydrogen (secondary N) is 1. The van der Waals surface area contributed by atoms with Crippen molar-refractivity contribution < 1.29 is 27.5 Å². The molecule has 21 heavy (non-hydrogen) atoms. The molecule has 0 aliphatic rings. The number of hydrogen-bond acceptors (Lipinski definition) is 3. The Morgan fingerprint density at radius 1 is 1.48 bits per heavy atom. The number of rotatable bonds is 5. The van der Waals surface area contributed by atoms with Gasteiger partial charge in [0.1, 0.15) is 0 Å². The second-order valence-corrected chi connectivity index (χ2v) is 3.94. The van der Waals surface area contributed by atoms with Crippen LogP contribution in [0.3, 0.4) is 0 Å². The van der Waals surface area contributed by atoms with Crippen LogP contribution in [0, 0.1) is 11.8 Å². The first-order valence-electron chi connectivity index (χ1n) is 5.86. The fraction of sp³-hybridized carbons (Fsp3) is 0.385. The van der Waals surface area contributed by atoms with Gasteiger partial charge in [0.25, 0.3) is 5.91 Å². The number of nitrogens with zero attached hydrogens (tertiary/aromatic N) is 1. The molecule has 0 saturated carbocycles. The normalized spacial score (nSPS) is 11.0. The lowest BCUT2D eigenvalue weighted by atomic mass is 10.1. The quantitative estimate of drug-likeness (QED) is 0.639. The number of pyridine rings is 1. The van der Waals surface area contributed by atoms with E-state index in [9.17, 15) is 22.4 Å². The first kappa shape index (κ1) is 16.9. The van der Waals surface area contributed by atoms with Gasteiger partial charge < -0.3 is 10.4 Å². The van der Waals surface area contributed by atoms with Crippen molar-refractivity contribution in [2.24, 2.45) is 0 Å². The number of halogens is 4. The van der Waals surface area contributed by atoms with Crippen molar-refractivity contribution in [1.82, 2.24) is 10.3 Å². The summed E-state index contributed by atoms with van der Waals surface area (Å²) in [5.41, 5.74) is 0.101. The highest BCUT2D eigenvalue weighted by molar-refractivity contribution is 5.96. The van der Waals surface area contributed by atoms with Gasteiger partial charge in [0.2, 0.25) is 0 Å². The average molecular weight is 304 g/mol. The maximum atomic E-state index is 12.7. The smallest absolute Gasteiger partial charge is 0.324 e. The van der Waals surface area contributed by atoms with E-state index in [1.807, 2.05) is 0 Å². The molecule has 1 aromatic rings. The Kier molecular flexibility index (Phi) is 6.11. The summed E-state index contributed by atoms with van der Waals surface area (Å²) in [6.45, 7) is -1.65. The molecule has 1 amide bonds. The molecule has 1 aromatic heterocycles. The van der Waals surface area contributed by atoms with E-state index >= 15 is 0 Å². The van der Waals surface area contributed by atoms with E-state index in [-0.39, 0.29) is 24.2 Å². The van der Waals surface area contributed by atoms with Crippen molar-refractivity contribution in [2.45, 2.75) is 18.8 Å². The number of aliphatic hydroxyl groups excluding tert-OH is 1. The number of hydrogen-bond donors (Lipinski definition) is 2. The molecule has 0 bridgehead atoms. The van der Waals surface area contributed by atoms with E-state index in [1.165, 1.54) is 18.5 Å². The summed E-state index contributed by atoms with van der Waals surface area (Å²) in [6.07, 6.45) is -1.21. The van der Waals surface area contributed by atoms with Crippen molar-refractivity contribution in [3.05, 3.63) is 29.6 Å². The molecule has 114 valence electrons. The molecule has 1 heterocycles. The summed E-state index contributed by atoms with van der Waals surface area (Å²) in [5, 5.41) is 10.3. The lowest BCUT2D eigenvalue weighted by molar-refractivity contribution is -0.123. The number of carbonyl (C=O) groups is 1. The predicted molar refractivity (Wildman–Crippen MR) is 66.1 cm³/mol. The van der Waals surface area contributed by atoms with Gasteiger partial charge in [0.05, 0.1) is 24.3 Å². The summed E-state index contributed by atoms with van der Waals surface area (Å²) >= 11 is 0. The molecule has 0 saturated heterocycles. The molecule has 0 atom stereocenters. The van der Waals surface area contributed by atoms with Crippen molar-refractivity contribution >= 4 is 5.91 Å². The third-order valence-electron chi connectivity index (χ3n) is 2.33. The van der Waals surface area contributed by atoms with E-state index in [1.54, 1.807) is 5.32 Å². The Balaban J connectivity index is 2.82. The van der Waals surface area contributed by atoms with Gasteiger partial charge in [-0.3, -0.25) is 9.78 Å². The van der Waals surface area contributed by atoms with Crippen LogP contribution in [0.4, 0.5) is 17.6 Å². The maximum Gasteiger partial charge on any atom is 0.324 e. The topological polar surface area (TPSA) is 62.2 Å². The van der Waals surface area contributed by atoms with Gasteiger partial charge in [-0.05, 0) is 6.07 Å². The molecule has 0 radical (unpaired) electrons. The number of alkyl halides is 4. The van der Waals surface area contributed by atoms with E-state index < -0.39 is 24.8 Å². The zero-order valence-electron chi connectivity index (χ0n) is 10.7. The lowest BCUT2D eigenvalue weighted by Gasteiger charge is -2.15. The predicted octanol–water partition coefficient (Wildman–Crippen LogP) is 1.45. The third-order valence-corrected chi connectivity index (χ3v) is 2.33. The molecular formula is C13H12F4N2O2. The summed E-state index contributed by atoms with van der Waals surface area (Å²) in [4.78, 5) is 15.5. The molecule has 0 unspecified atom stereocenters. The first-order valence-corrected chi connectivity index (χ1v) is 5.86. The Morgan fingerprint density at radius 2 is 2.19 bits per heavy atom. The molecule has 8 heteroatoms. The van der Waals surface area contributed by atoms with Gasteiger partial charge in [0, 0.05) is 18.8 Å². The molecule has 0 aliphatic heterocycles. The van der Waals surface area contributed by atoms with Crippen LogP contribution in [0.15, 0.2) is 18.5 Å². The summed E-state index contributed by atoms with van der Waals surface area (Å²) in [6, 6.07) is 1.23. The standard InChI is InChI=1S/C13H12F4N2O2/c14-12(15)13(16,17)8-19-11(21)10-4-5-18-7-9(10)3-1-2-6-20/h4-5,7,12,20H,2,6,8H2,(H,19,21). The van der Waals surface area contributed by atoms with Crippen LogP contribution in [0.2, 0.25) is 0 Å². The monoisotopic (exact) mass is 304 g/mol. The van der Waals surface area contributed by atoms with Crippen LogP contribution in [0.1, 0.15) is 22.3 Å². The minimum absolute atomic E-state index is 0.0551. The van der Waals surface area contributed by atoms with Gasteiger partial charge in [-0.1, -0.05) is 11.8 Å². The summed E-state index contributed by atoms with van der Waals surface area (Å²) in [7, 11) is 0. The van der Waals surface area contributed by atoms with Crippen LogP contribution >= 0.6 is 0 Å². The van der Waals surface area contributed by atoms with Crippen LogP contribution < -0.4 is 5.32 Å². The van der Waals surface area contributed by atoms with Crippen LogP contribution in [0.5, 0.6) is 0 Å². The van der Waals surface area contributed by atoms with E-state index in [2.05, 4.69) is 16.8 Å². The molecule has 1 rings (SSSR count).